The molecule has 3 rings (SSSR count). The van der Waals surface area contributed by atoms with Crippen LogP contribution in [0.2, 0.25) is 0 Å². The van der Waals surface area contributed by atoms with Gasteiger partial charge in [0.2, 0.25) is 0 Å². The number of fused-ring (bicyclic) bond motifs is 1. The molecule has 0 saturated heterocycles. The molecule has 3 heterocycles. The summed E-state index contributed by atoms with van der Waals surface area (Å²) in [7, 11) is 2.00. The molecule has 0 amide bonds. The highest BCUT2D eigenvalue weighted by molar-refractivity contribution is 5.20. The van der Waals surface area contributed by atoms with Gasteiger partial charge in [0, 0.05) is 51.6 Å². The quantitative estimate of drug-likeness (QED) is 0.895. The molecule has 0 fully saturated rings. The molecule has 1 aliphatic heterocycles. The first-order chi connectivity index (χ1) is 10.1. The third-order valence-corrected chi connectivity index (χ3v) is 4.02. The van der Waals surface area contributed by atoms with E-state index in [1.807, 2.05) is 11.6 Å². The van der Waals surface area contributed by atoms with E-state index in [-0.39, 0.29) is 0 Å². The monoisotopic (exact) mass is 288 g/mol. The lowest BCUT2D eigenvalue weighted by atomic mass is 10.1. The molecule has 1 aliphatic rings. The number of aromatic nitrogens is 5. The van der Waals surface area contributed by atoms with Gasteiger partial charge in [-0.1, -0.05) is 13.8 Å². The van der Waals surface area contributed by atoms with Gasteiger partial charge in [0.05, 0.1) is 5.69 Å². The summed E-state index contributed by atoms with van der Waals surface area (Å²) in [5, 5.41) is 11.6. The topological polar surface area (TPSA) is 60.6 Å². The van der Waals surface area contributed by atoms with Crippen LogP contribution in [0.4, 0.5) is 0 Å². The summed E-state index contributed by atoms with van der Waals surface area (Å²) < 4.78 is 4.41. The van der Waals surface area contributed by atoms with Gasteiger partial charge < -0.3 is 14.5 Å². The van der Waals surface area contributed by atoms with Crippen molar-refractivity contribution in [1.82, 2.24) is 29.6 Å². The number of hydrogen-bond donors (Lipinski definition) is 1. The van der Waals surface area contributed by atoms with Crippen molar-refractivity contribution in [2.45, 2.75) is 46.2 Å². The molecule has 0 aromatic carbocycles. The second kappa shape index (κ2) is 5.97. The SMILES string of the molecule is CC(C)Cc1nc2c(n1CCc1nncn1C)CCNC2. The average Bonchev–Trinajstić information content (AvgIpc) is 2.99. The Hall–Kier alpha value is -1.69. The van der Waals surface area contributed by atoms with E-state index in [1.54, 1.807) is 6.33 Å². The maximum Gasteiger partial charge on any atom is 0.134 e. The number of aryl methyl sites for hydroxylation is 2. The molecular weight excluding hydrogens is 264 g/mol. The molecule has 2 aromatic heterocycles. The van der Waals surface area contributed by atoms with Crippen molar-refractivity contribution in [3.05, 3.63) is 29.4 Å². The Morgan fingerprint density at radius 2 is 2.19 bits per heavy atom. The molecular formula is C15H24N6. The van der Waals surface area contributed by atoms with Crippen LogP contribution in [0.3, 0.4) is 0 Å². The first kappa shape index (κ1) is 14.3. The predicted octanol–water partition coefficient (Wildman–Crippen LogP) is 1.10. The van der Waals surface area contributed by atoms with Gasteiger partial charge in [-0.2, -0.15) is 0 Å². The molecule has 2 aromatic rings. The summed E-state index contributed by atoms with van der Waals surface area (Å²) in [6, 6.07) is 0. The molecule has 6 nitrogen and oxygen atoms in total. The van der Waals surface area contributed by atoms with Crippen molar-refractivity contribution in [2.24, 2.45) is 13.0 Å². The van der Waals surface area contributed by atoms with Crippen LogP contribution >= 0.6 is 0 Å². The molecule has 0 aliphatic carbocycles. The third-order valence-electron chi connectivity index (χ3n) is 4.02. The second-order valence-electron chi connectivity index (χ2n) is 6.21. The lowest BCUT2D eigenvalue weighted by Crippen LogP contribution is -2.25. The Balaban J connectivity index is 1.84. The highest BCUT2D eigenvalue weighted by Gasteiger charge is 2.20. The zero-order chi connectivity index (χ0) is 14.8. The lowest BCUT2D eigenvalue weighted by molar-refractivity contribution is 0.540. The van der Waals surface area contributed by atoms with Crippen LogP contribution in [0.5, 0.6) is 0 Å². The zero-order valence-electron chi connectivity index (χ0n) is 13.1. The second-order valence-corrected chi connectivity index (χ2v) is 6.21. The summed E-state index contributed by atoms with van der Waals surface area (Å²) in [6.07, 6.45) is 4.76. The van der Waals surface area contributed by atoms with Crippen LogP contribution < -0.4 is 5.32 Å². The Morgan fingerprint density at radius 1 is 1.33 bits per heavy atom. The standard InChI is InChI=1S/C15H24N6/c1-11(2)8-15-18-12-9-16-6-4-13(12)21(15)7-5-14-19-17-10-20(14)3/h10-11,16H,4-9H2,1-3H3. The largest absolute Gasteiger partial charge is 0.331 e. The van der Waals surface area contributed by atoms with Crippen LogP contribution in [0.15, 0.2) is 6.33 Å². The molecule has 0 radical (unpaired) electrons. The van der Waals surface area contributed by atoms with E-state index in [2.05, 4.69) is 33.9 Å². The Kier molecular flexibility index (Phi) is 4.05. The maximum atomic E-state index is 4.87. The molecule has 1 N–H and O–H groups in total. The van der Waals surface area contributed by atoms with E-state index in [0.29, 0.717) is 5.92 Å². The van der Waals surface area contributed by atoms with E-state index in [4.69, 9.17) is 4.98 Å². The molecule has 114 valence electrons. The summed E-state index contributed by atoms with van der Waals surface area (Å²) in [5.74, 6) is 2.87. The predicted molar refractivity (Wildman–Crippen MR) is 80.9 cm³/mol. The number of rotatable bonds is 5. The van der Waals surface area contributed by atoms with Crippen molar-refractivity contribution < 1.29 is 0 Å². The molecule has 0 atom stereocenters. The minimum absolute atomic E-state index is 0.621. The van der Waals surface area contributed by atoms with E-state index in [9.17, 15) is 0 Å². The van der Waals surface area contributed by atoms with Gasteiger partial charge in [-0.05, 0) is 5.92 Å². The van der Waals surface area contributed by atoms with Crippen LogP contribution in [0.1, 0.15) is 36.9 Å². The Labute approximate surface area is 125 Å². The van der Waals surface area contributed by atoms with Gasteiger partial charge in [0.25, 0.3) is 0 Å². The van der Waals surface area contributed by atoms with Crippen LogP contribution in [-0.2, 0) is 39.4 Å². The fraction of sp³-hybridized carbons (Fsp3) is 0.667. The molecule has 0 saturated carbocycles. The van der Waals surface area contributed by atoms with E-state index >= 15 is 0 Å². The Bertz CT molecular complexity index is 610. The summed E-state index contributed by atoms with van der Waals surface area (Å²) in [6.45, 7) is 7.38. The van der Waals surface area contributed by atoms with E-state index in [0.717, 1.165) is 44.7 Å². The van der Waals surface area contributed by atoms with Crippen molar-refractivity contribution in [2.75, 3.05) is 6.54 Å². The number of nitrogens with zero attached hydrogens (tertiary/aromatic N) is 5. The molecule has 0 bridgehead atoms. The summed E-state index contributed by atoms with van der Waals surface area (Å²) in [4.78, 5) is 4.87. The molecule has 6 heteroatoms. The van der Waals surface area contributed by atoms with Crippen molar-refractivity contribution in [1.29, 1.82) is 0 Å². The highest BCUT2D eigenvalue weighted by atomic mass is 15.2. The van der Waals surface area contributed by atoms with Gasteiger partial charge in [0.1, 0.15) is 18.0 Å². The molecule has 0 unspecified atom stereocenters. The maximum absolute atomic E-state index is 4.87. The number of hydrogen-bond acceptors (Lipinski definition) is 4. The zero-order valence-corrected chi connectivity index (χ0v) is 13.1. The number of imidazole rings is 1. The van der Waals surface area contributed by atoms with E-state index in [1.165, 1.54) is 17.2 Å². The first-order valence-electron chi connectivity index (χ1n) is 7.76. The summed E-state index contributed by atoms with van der Waals surface area (Å²) >= 11 is 0. The molecule has 0 spiro atoms. The smallest absolute Gasteiger partial charge is 0.134 e. The van der Waals surface area contributed by atoms with Crippen LogP contribution in [0.25, 0.3) is 0 Å². The van der Waals surface area contributed by atoms with Gasteiger partial charge in [-0.25, -0.2) is 4.98 Å². The highest BCUT2D eigenvalue weighted by Crippen LogP contribution is 2.19. The van der Waals surface area contributed by atoms with Crippen molar-refractivity contribution >= 4 is 0 Å². The van der Waals surface area contributed by atoms with Crippen LogP contribution in [-0.4, -0.2) is 30.9 Å². The fourth-order valence-corrected chi connectivity index (χ4v) is 2.96. The normalized spacial score (nSPS) is 14.7. The summed E-state index contributed by atoms with van der Waals surface area (Å²) in [5.41, 5.74) is 2.64. The molecule has 21 heavy (non-hydrogen) atoms. The first-order valence-corrected chi connectivity index (χ1v) is 7.76. The third kappa shape index (κ3) is 3.00. The van der Waals surface area contributed by atoms with Gasteiger partial charge >= 0.3 is 0 Å². The fourth-order valence-electron chi connectivity index (χ4n) is 2.96. The average molecular weight is 288 g/mol. The van der Waals surface area contributed by atoms with Crippen molar-refractivity contribution in [3.63, 3.8) is 0 Å². The number of nitrogens with one attached hydrogen (secondary N) is 1. The van der Waals surface area contributed by atoms with E-state index < -0.39 is 0 Å². The van der Waals surface area contributed by atoms with Gasteiger partial charge in [-0.15, -0.1) is 10.2 Å². The minimum Gasteiger partial charge on any atom is -0.331 e. The van der Waals surface area contributed by atoms with Gasteiger partial charge in [0.15, 0.2) is 0 Å². The lowest BCUT2D eigenvalue weighted by Gasteiger charge is -2.16. The minimum atomic E-state index is 0.621. The van der Waals surface area contributed by atoms with Crippen molar-refractivity contribution in [3.8, 4) is 0 Å². The van der Waals surface area contributed by atoms with Crippen LogP contribution in [0, 0.1) is 5.92 Å². The van der Waals surface area contributed by atoms with Gasteiger partial charge in [-0.3, -0.25) is 0 Å². The Morgan fingerprint density at radius 3 is 2.90 bits per heavy atom.